The molecule has 0 aromatic carbocycles. The zero-order valence-electron chi connectivity index (χ0n) is 11.8. The van der Waals surface area contributed by atoms with E-state index < -0.39 is 0 Å². The van der Waals surface area contributed by atoms with Crippen LogP contribution < -0.4 is 5.32 Å². The summed E-state index contributed by atoms with van der Waals surface area (Å²) in [6.45, 7) is 5.28. The van der Waals surface area contributed by atoms with Crippen LogP contribution in [0.5, 0.6) is 0 Å². The first-order chi connectivity index (χ1) is 8.90. The van der Waals surface area contributed by atoms with Gasteiger partial charge in [-0.15, -0.1) is 0 Å². The highest BCUT2D eigenvalue weighted by Crippen LogP contribution is 2.22. The number of ether oxygens (including phenoxy) is 2. The van der Waals surface area contributed by atoms with Gasteiger partial charge in [-0.3, -0.25) is 0 Å². The average molecular weight is 255 g/mol. The van der Waals surface area contributed by atoms with Gasteiger partial charge in [-0.25, -0.2) is 0 Å². The molecule has 0 aromatic heterocycles. The van der Waals surface area contributed by atoms with Crippen molar-refractivity contribution in [2.24, 2.45) is 0 Å². The molecule has 3 atom stereocenters. The molecule has 0 amide bonds. The Bertz CT molecular complexity index is 211. The molecule has 0 bridgehead atoms. The van der Waals surface area contributed by atoms with Crippen molar-refractivity contribution >= 4 is 0 Å². The monoisotopic (exact) mass is 255 g/mol. The van der Waals surface area contributed by atoms with Gasteiger partial charge in [-0.05, 0) is 57.9 Å². The van der Waals surface area contributed by atoms with E-state index in [1.54, 1.807) is 0 Å². The Morgan fingerprint density at radius 1 is 1.17 bits per heavy atom. The molecule has 0 spiro atoms. The van der Waals surface area contributed by atoms with E-state index in [1.807, 2.05) is 0 Å². The molecular weight excluding hydrogens is 226 g/mol. The van der Waals surface area contributed by atoms with Crippen molar-refractivity contribution in [2.45, 2.75) is 76.5 Å². The van der Waals surface area contributed by atoms with E-state index in [-0.39, 0.29) is 0 Å². The molecule has 0 aliphatic carbocycles. The Labute approximate surface area is 112 Å². The highest BCUT2D eigenvalue weighted by atomic mass is 16.5. The highest BCUT2D eigenvalue weighted by Gasteiger charge is 2.25. The van der Waals surface area contributed by atoms with Crippen molar-refractivity contribution in [1.29, 1.82) is 0 Å². The average Bonchev–Trinajstić information content (AvgIpc) is 3.05. The van der Waals surface area contributed by atoms with E-state index in [2.05, 4.69) is 12.2 Å². The number of hydrogen-bond acceptors (Lipinski definition) is 3. The maximum atomic E-state index is 5.84. The molecule has 0 radical (unpaired) electrons. The van der Waals surface area contributed by atoms with Gasteiger partial charge in [-0.2, -0.15) is 0 Å². The van der Waals surface area contributed by atoms with Gasteiger partial charge in [-0.1, -0.05) is 6.92 Å². The van der Waals surface area contributed by atoms with Crippen LogP contribution in [0, 0.1) is 0 Å². The van der Waals surface area contributed by atoms with Gasteiger partial charge >= 0.3 is 0 Å². The van der Waals surface area contributed by atoms with E-state index in [4.69, 9.17) is 9.47 Å². The predicted octanol–water partition coefficient (Wildman–Crippen LogP) is 2.88. The summed E-state index contributed by atoms with van der Waals surface area (Å²) >= 11 is 0. The first kappa shape index (κ1) is 14.3. The molecule has 1 N–H and O–H groups in total. The smallest absolute Gasteiger partial charge is 0.0728 e. The van der Waals surface area contributed by atoms with Gasteiger partial charge in [0, 0.05) is 19.3 Å². The van der Waals surface area contributed by atoms with Crippen molar-refractivity contribution in [2.75, 3.05) is 19.8 Å². The van der Waals surface area contributed by atoms with Crippen molar-refractivity contribution in [1.82, 2.24) is 5.32 Å². The summed E-state index contributed by atoms with van der Waals surface area (Å²) in [5, 5.41) is 3.67. The van der Waals surface area contributed by atoms with Gasteiger partial charge in [0.05, 0.1) is 12.2 Å². The summed E-state index contributed by atoms with van der Waals surface area (Å²) in [7, 11) is 0. The van der Waals surface area contributed by atoms with Crippen LogP contribution in [0.15, 0.2) is 0 Å². The largest absolute Gasteiger partial charge is 0.378 e. The summed E-state index contributed by atoms with van der Waals surface area (Å²) in [6.07, 6.45) is 11.0. The molecule has 2 aliphatic heterocycles. The zero-order valence-corrected chi connectivity index (χ0v) is 11.8. The molecule has 2 heterocycles. The fourth-order valence-electron chi connectivity index (χ4n) is 3.11. The van der Waals surface area contributed by atoms with E-state index in [0.29, 0.717) is 18.2 Å². The van der Waals surface area contributed by atoms with Gasteiger partial charge in [0.25, 0.3) is 0 Å². The third-order valence-corrected chi connectivity index (χ3v) is 4.14. The molecule has 2 rings (SSSR count). The Hall–Kier alpha value is -0.120. The molecule has 0 aromatic rings. The maximum absolute atomic E-state index is 5.84. The van der Waals surface area contributed by atoms with Gasteiger partial charge in [0.2, 0.25) is 0 Å². The number of hydrogen-bond donors (Lipinski definition) is 1. The highest BCUT2D eigenvalue weighted by molar-refractivity contribution is 4.81. The minimum Gasteiger partial charge on any atom is -0.378 e. The molecule has 3 nitrogen and oxygen atoms in total. The molecule has 3 unspecified atom stereocenters. The lowest BCUT2D eigenvalue weighted by molar-refractivity contribution is 0.0694. The second kappa shape index (κ2) is 8.13. The van der Waals surface area contributed by atoms with Crippen molar-refractivity contribution < 1.29 is 9.47 Å². The molecule has 0 saturated carbocycles. The minimum atomic E-state index is 0.459. The van der Waals surface area contributed by atoms with E-state index in [0.717, 1.165) is 19.8 Å². The lowest BCUT2D eigenvalue weighted by Gasteiger charge is -2.24. The lowest BCUT2D eigenvalue weighted by atomic mass is 9.99. The minimum absolute atomic E-state index is 0.459. The Morgan fingerprint density at radius 3 is 2.67 bits per heavy atom. The fourth-order valence-corrected chi connectivity index (χ4v) is 3.11. The van der Waals surface area contributed by atoms with Crippen LogP contribution in [0.25, 0.3) is 0 Å². The van der Waals surface area contributed by atoms with Crippen LogP contribution in [0.2, 0.25) is 0 Å². The quantitative estimate of drug-likeness (QED) is 0.723. The maximum Gasteiger partial charge on any atom is 0.0728 e. The Kier molecular flexibility index (Phi) is 6.46. The van der Waals surface area contributed by atoms with Crippen molar-refractivity contribution in [3.63, 3.8) is 0 Å². The fraction of sp³-hybridized carbons (Fsp3) is 1.00. The number of rotatable bonds is 8. The summed E-state index contributed by atoms with van der Waals surface area (Å²) in [5.74, 6) is 0. The standard InChI is InChI=1S/C15H29NO2/c1-2-10-16-14(15-9-5-12-18-15)8-3-6-13-7-4-11-17-13/h13-16H,2-12H2,1H3. The van der Waals surface area contributed by atoms with Gasteiger partial charge in [0.15, 0.2) is 0 Å². The normalized spacial score (nSPS) is 29.8. The molecule has 2 saturated heterocycles. The summed E-state index contributed by atoms with van der Waals surface area (Å²) in [4.78, 5) is 0. The predicted molar refractivity (Wildman–Crippen MR) is 73.9 cm³/mol. The van der Waals surface area contributed by atoms with Crippen LogP contribution in [0.3, 0.4) is 0 Å². The topological polar surface area (TPSA) is 30.5 Å². The Balaban J connectivity index is 1.66. The van der Waals surface area contributed by atoms with Crippen LogP contribution in [0.1, 0.15) is 58.3 Å². The van der Waals surface area contributed by atoms with Crippen LogP contribution in [-0.2, 0) is 9.47 Å². The molecule has 3 heteroatoms. The van der Waals surface area contributed by atoms with Gasteiger partial charge < -0.3 is 14.8 Å². The van der Waals surface area contributed by atoms with E-state index in [1.165, 1.54) is 51.4 Å². The van der Waals surface area contributed by atoms with Crippen LogP contribution >= 0.6 is 0 Å². The first-order valence-corrected chi connectivity index (χ1v) is 7.86. The summed E-state index contributed by atoms with van der Waals surface area (Å²) in [6, 6.07) is 0.564. The van der Waals surface area contributed by atoms with Crippen molar-refractivity contribution in [3.8, 4) is 0 Å². The third kappa shape index (κ3) is 4.52. The molecule has 106 valence electrons. The SMILES string of the molecule is CCCNC(CCCC1CCCO1)C1CCCO1. The van der Waals surface area contributed by atoms with Crippen LogP contribution in [-0.4, -0.2) is 38.0 Å². The second-order valence-corrected chi connectivity index (χ2v) is 5.68. The van der Waals surface area contributed by atoms with Gasteiger partial charge in [0.1, 0.15) is 0 Å². The number of nitrogens with one attached hydrogen (secondary N) is 1. The summed E-state index contributed by atoms with van der Waals surface area (Å²) in [5.41, 5.74) is 0. The molecular formula is C15H29NO2. The Morgan fingerprint density at radius 2 is 2.00 bits per heavy atom. The van der Waals surface area contributed by atoms with E-state index in [9.17, 15) is 0 Å². The first-order valence-electron chi connectivity index (χ1n) is 7.86. The molecule has 18 heavy (non-hydrogen) atoms. The van der Waals surface area contributed by atoms with Crippen molar-refractivity contribution in [3.05, 3.63) is 0 Å². The molecule has 2 aliphatic rings. The summed E-state index contributed by atoms with van der Waals surface area (Å²) < 4.78 is 11.5. The third-order valence-electron chi connectivity index (χ3n) is 4.14. The van der Waals surface area contributed by atoms with E-state index >= 15 is 0 Å². The zero-order chi connectivity index (χ0) is 12.6. The van der Waals surface area contributed by atoms with Crippen LogP contribution in [0.4, 0.5) is 0 Å². The lowest BCUT2D eigenvalue weighted by Crippen LogP contribution is -2.40. The second-order valence-electron chi connectivity index (χ2n) is 5.68. The molecule has 2 fully saturated rings.